The van der Waals surface area contributed by atoms with E-state index >= 15 is 0 Å². The van der Waals surface area contributed by atoms with E-state index in [1.165, 1.54) is 12.8 Å². The van der Waals surface area contributed by atoms with Crippen LogP contribution in [0.2, 0.25) is 0 Å². The first-order valence-corrected chi connectivity index (χ1v) is 6.30. The zero-order valence-corrected chi connectivity index (χ0v) is 14.5. The van der Waals surface area contributed by atoms with E-state index < -0.39 is 7.60 Å². The summed E-state index contributed by atoms with van der Waals surface area (Å²) in [6.07, 6.45) is 5.82. The van der Waals surface area contributed by atoms with Gasteiger partial charge < -0.3 is 14.4 Å². The van der Waals surface area contributed by atoms with Crippen molar-refractivity contribution in [1.82, 2.24) is 0 Å². The molecule has 0 spiro atoms. The smallest absolute Gasteiger partial charge is 0.811 e. The minimum Gasteiger partial charge on any atom is -0.811 e. The van der Waals surface area contributed by atoms with Crippen LogP contribution in [0.25, 0.3) is 0 Å². The molecule has 0 rings (SSSR count). The first-order chi connectivity index (χ1) is 5.56. The van der Waals surface area contributed by atoms with Crippen molar-refractivity contribution >= 4 is 7.60 Å². The average molecular weight is 238 g/mol. The van der Waals surface area contributed by atoms with Gasteiger partial charge in [0.05, 0.1) is 0 Å². The van der Waals surface area contributed by atoms with Crippen LogP contribution in [0.3, 0.4) is 0 Å². The van der Waals surface area contributed by atoms with Gasteiger partial charge in [0.15, 0.2) is 0 Å². The van der Waals surface area contributed by atoms with Crippen LogP contribution in [0.15, 0.2) is 0 Å². The molecular formula is C8H17Na2O3P. The Kier molecular flexibility index (Phi) is 20.2. The number of hydrogen-bond acceptors (Lipinski definition) is 3. The van der Waals surface area contributed by atoms with Gasteiger partial charge in [-0.25, -0.2) is 0 Å². The third-order valence-electron chi connectivity index (χ3n) is 1.79. The summed E-state index contributed by atoms with van der Waals surface area (Å²) < 4.78 is 10.2. The van der Waals surface area contributed by atoms with Crippen molar-refractivity contribution < 1.29 is 73.5 Å². The van der Waals surface area contributed by atoms with Crippen molar-refractivity contribution in [3.8, 4) is 0 Å². The van der Waals surface area contributed by atoms with Gasteiger partial charge in [0.25, 0.3) is 0 Å². The first-order valence-electron chi connectivity index (χ1n) is 4.57. The predicted octanol–water partition coefficient (Wildman–Crippen LogP) is -4.73. The number of hydrogen-bond donors (Lipinski definition) is 0. The third kappa shape index (κ3) is 19.7. The van der Waals surface area contributed by atoms with Crippen molar-refractivity contribution in [1.29, 1.82) is 0 Å². The van der Waals surface area contributed by atoms with Crippen LogP contribution in [-0.4, -0.2) is 6.16 Å². The molecule has 0 aliphatic heterocycles. The van der Waals surface area contributed by atoms with Crippen molar-refractivity contribution in [2.75, 3.05) is 6.16 Å². The standard InChI is InChI=1S/C8H19O3P.2Na/c1-2-3-4-5-6-7-8-12(9,10)11;;/h2-8H2,1H3,(H2,9,10,11);;/q;2*+1/p-2. The molecule has 74 valence electrons. The van der Waals surface area contributed by atoms with Crippen molar-refractivity contribution in [3.63, 3.8) is 0 Å². The molecule has 0 N–H and O–H groups in total. The minimum atomic E-state index is -4.22. The zero-order chi connectivity index (χ0) is 9.45. The van der Waals surface area contributed by atoms with Crippen LogP contribution in [0, 0.1) is 0 Å². The van der Waals surface area contributed by atoms with E-state index in [1.54, 1.807) is 0 Å². The normalized spacial score (nSPS) is 10.2. The molecule has 0 aromatic carbocycles. The van der Waals surface area contributed by atoms with Crippen molar-refractivity contribution in [2.45, 2.75) is 45.4 Å². The maximum absolute atomic E-state index is 10.2. The Labute approximate surface area is 131 Å². The van der Waals surface area contributed by atoms with E-state index in [0.717, 1.165) is 19.3 Å². The molecule has 0 aliphatic carbocycles. The maximum atomic E-state index is 10.2. The van der Waals surface area contributed by atoms with Crippen LogP contribution < -0.4 is 68.9 Å². The van der Waals surface area contributed by atoms with Gasteiger partial charge in [-0.2, -0.15) is 0 Å². The molecule has 0 fully saturated rings. The largest absolute Gasteiger partial charge is 1.00 e. The molecule has 0 saturated carbocycles. The summed E-state index contributed by atoms with van der Waals surface area (Å²) in [5.74, 6) is 0. The van der Waals surface area contributed by atoms with Gasteiger partial charge >= 0.3 is 59.1 Å². The Balaban J connectivity index is -0.000000605. The molecule has 0 atom stereocenters. The molecule has 0 unspecified atom stereocenters. The quantitative estimate of drug-likeness (QED) is 0.254. The van der Waals surface area contributed by atoms with Gasteiger partial charge in [0.1, 0.15) is 0 Å². The second-order valence-electron chi connectivity index (χ2n) is 3.10. The maximum Gasteiger partial charge on any atom is 1.00 e. The fourth-order valence-corrected chi connectivity index (χ4v) is 1.70. The molecule has 0 bridgehead atoms. The van der Waals surface area contributed by atoms with Crippen LogP contribution in [0.1, 0.15) is 45.4 Å². The molecule has 0 heterocycles. The van der Waals surface area contributed by atoms with Gasteiger partial charge in [-0.05, 0) is 12.6 Å². The fraction of sp³-hybridized carbons (Fsp3) is 1.00. The Morgan fingerprint density at radius 2 is 1.36 bits per heavy atom. The van der Waals surface area contributed by atoms with Crippen LogP contribution >= 0.6 is 7.60 Å². The molecule has 0 radical (unpaired) electrons. The molecule has 0 amide bonds. The number of unbranched alkanes of at least 4 members (excludes halogenated alkanes) is 5. The van der Waals surface area contributed by atoms with Crippen LogP contribution in [0.4, 0.5) is 0 Å². The average Bonchev–Trinajstić information content (AvgIpc) is 1.94. The summed E-state index contributed by atoms with van der Waals surface area (Å²) in [6.45, 7) is 2.13. The Bertz CT molecular complexity index is 150. The van der Waals surface area contributed by atoms with E-state index in [-0.39, 0.29) is 65.3 Å². The van der Waals surface area contributed by atoms with E-state index in [1.807, 2.05) is 0 Å². The Hall–Kier alpha value is 2.15. The van der Waals surface area contributed by atoms with Gasteiger partial charge in [-0.3, -0.25) is 0 Å². The molecule has 14 heavy (non-hydrogen) atoms. The molecule has 0 aliphatic rings. The summed E-state index contributed by atoms with van der Waals surface area (Å²) in [5.41, 5.74) is 0. The summed E-state index contributed by atoms with van der Waals surface area (Å²) in [4.78, 5) is 20.4. The summed E-state index contributed by atoms with van der Waals surface area (Å²) in [5, 5.41) is 0. The molecule has 0 aromatic heterocycles. The van der Waals surface area contributed by atoms with Gasteiger partial charge in [0.2, 0.25) is 0 Å². The topological polar surface area (TPSA) is 63.2 Å². The number of rotatable bonds is 7. The monoisotopic (exact) mass is 238 g/mol. The minimum absolute atomic E-state index is 0. The molecule has 0 saturated heterocycles. The molecule has 0 aromatic rings. The first kappa shape index (κ1) is 21.4. The molecule has 3 nitrogen and oxygen atoms in total. The predicted molar refractivity (Wildman–Crippen MR) is 45.8 cm³/mol. The van der Waals surface area contributed by atoms with Crippen molar-refractivity contribution in [3.05, 3.63) is 0 Å². The van der Waals surface area contributed by atoms with E-state index in [9.17, 15) is 14.4 Å². The SMILES string of the molecule is CCCCCCCCP(=O)([O-])[O-].[Na+].[Na+]. The van der Waals surface area contributed by atoms with E-state index in [4.69, 9.17) is 0 Å². The fourth-order valence-electron chi connectivity index (χ4n) is 1.09. The summed E-state index contributed by atoms with van der Waals surface area (Å²) >= 11 is 0. The van der Waals surface area contributed by atoms with E-state index in [0.29, 0.717) is 6.42 Å². The molecular weight excluding hydrogens is 221 g/mol. The Morgan fingerprint density at radius 3 is 1.79 bits per heavy atom. The van der Waals surface area contributed by atoms with Crippen LogP contribution in [0.5, 0.6) is 0 Å². The second-order valence-corrected chi connectivity index (χ2v) is 4.77. The van der Waals surface area contributed by atoms with Crippen LogP contribution in [-0.2, 0) is 4.57 Å². The zero-order valence-electron chi connectivity index (χ0n) is 9.62. The Morgan fingerprint density at radius 1 is 0.929 bits per heavy atom. The summed E-state index contributed by atoms with van der Waals surface area (Å²) in [7, 11) is -4.22. The van der Waals surface area contributed by atoms with Gasteiger partial charge in [0, 0.05) is 0 Å². The second kappa shape index (κ2) is 13.2. The summed E-state index contributed by atoms with van der Waals surface area (Å²) in [6, 6.07) is 0. The third-order valence-corrected chi connectivity index (χ3v) is 2.65. The van der Waals surface area contributed by atoms with E-state index in [2.05, 4.69) is 6.92 Å². The van der Waals surface area contributed by atoms with Gasteiger partial charge in [-0.1, -0.05) is 46.6 Å². The molecule has 6 heteroatoms. The van der Waals surface area contributed by atoms with Crippen molar-refractivity contribution in [2.24, 2.45) is 0 Å². The van der Waals surface area contributed by atoms with Gasteiger partial charge in [-0.15, -0.1) is 0 Å².